The van der Waals surface area contributed by atoms with Gasteiger partial charge in [0.05, 0.1) is 0 Å². The van der Waals surface area contributed by atoms with Gasteiger partial charge >= 0.3 is 0 Å². The summed E-state index contributed by atoms with van der Waals surface area (Å²) < 4.78 is 1.62. The van der Waals surface area contributed by atoms with Gasteiger partial charge in [-0.2, -0.15) is 0 Å². The summed E-state index contributed by atoms with van der Waals surface area (Å²) in [5, 5.41) is 3.29. The molecule has 0 amide bonds. The second-order valence-electron chi connectivity index (χ2n) is 3.89. The van der Waals surface area contributed by atoms with Crippen molar-refractivity contribution in [1.29, 1.82) is 0 Å². The van der Waals surface area contributed by atoms with Gasteiger partial charge in [0.15, 0.2) is 0 Å². The van der Waals surface area contributed by atoms with E-state index in [2.05, 4.69) is 32.9 Å². The van der Waals surface area contributed by atoms with Crippen molar-refractivity contribution in [2.75, 3.05) is 0 Å². The zero-order chi connectivity index (χ0) is 10.0. The molecule has 3 heteroatoms. The third-order valence-corrected chi connectivity index (χ3v) is 2.19. The molecular formula is C10H16N3-. The lowest BCUT2D eigenvalue weighted by Gasteiger charge is -2.18. The van der Waals surface area contributed by atoms with Crippen LogP contribution in [0.5, 0.6) is 0 Å². The standard InChI is InChI=1S/C10H16N3/c1-7(2)9-5-6-10(8(3)4)13(9)12-11/h5-8H,1-4H3/q-1. The van der Waals surface area contributed by atoms with Crippen LogP contribution in [0.2, 0.25) is 0 Å². The van der Waals surface area contributed by atoms with E-state index in [0.29, 0.717) is 11.8 Å². The average Bonchev–Trinajstić information content (AvgIpc) is 2.46. The Labute approximate surface area is 79.2 Å². The maximum Gasteiger partial charge on any atom is -0.0241 e. The van der Waals surface area contributed by atoms with Gasteiger partial charge in [-0.3, -0.25) is 5.22 Å². The highest BCUT2D eigenvalue weighted by atomic mass is 15.4. The monoisotopic (exact) mass is 178 g/mol. The lowest BCUT2D eigenvalue weighted by Crippen LogP contribution is -2.02. The van der Waals surface area contributed by atoms with Gasteiger partial charge in [0.25, 0.3) is 0 Å². The molecule has 0 aliphatic rings. The van der Waals surface area contributed by atoms with Crippen molar-refractivity contribution in [2.45, 2.75) is 39.5 Å². The van der Waals surface area contributed by atoms with Gasteiger partial charge in [-0.05, 0) is 23.2 Å². The third-order valence-electron chi connectivity index (χ3n) is 2.19. The van der Waals surface area contributed by atoms with Crippen LogP contribution in [0.15, 0.2) is 17.4 Å². The second-order valence-corrected chi connectivity index (χ2v) is 3.89. The van der Waals surface area contributed by atoms with Crippen LogP contribution in [-0.2, 0) is 0 Å². The number of nitrogens with zero attached hydrogens (tertiary/aromatic N) is 3. The first-order valence-electron chi connectivity index (χ1n) is 4.64. The Morgan fingerprint density at radius 3 is 1.69 bits per heavy atom. The van der Waals surface area contributed by atoms with Crippen LogP contribution >= 0.6 is 0 Å². The van der Waals surface area contributed by atoms with E-state index in [1.807, 2.05) is 12.1 Å². The van der Waals surface area contributed by atoms with Crippen molar-refractivity contribution in [3.05, 3.63) is 29.1 Å². The van der Waals surface area contributed by atoms with Crippen molar-refractivity contribution in [3.63, 3.8) is 0 Å². The molecule has 0 radical (unpaired) electrons. The average molecular weight is 178 g/mol. The molecule has 0 spiro atoms. The predicted molar refractivity (Wildman–Crippen MR) is 53.8 cm³/mol. The molecule has 0 aromatic carbocycles. The van der Waals surface area contributed by atoms with E-state index >= 15 is 0 Å². The van der Waals surface area contributed by atoms with Gasteiger partial charge in [-0.15, -0.1) is 0 Å². The first kappa shape index (κ1) is 9.96. The fourth-order valence-corrected chi connectivity index (χ4v) is 1.44. The highest BCUT2D eigenvalue weighted by Crippen LogP contribution is 2.23. The van der Waals surface area contributed by atoms with Crippen LogP contribution in [-0.4, -0.2) is 4.68 Å². The van der Waals surface area contributed by atoms with E-state index in [4.69, 9.17) is 5.53 Å². The molecule has 1 aromatic rings. The quantitative estimate of drug-likeness (QED) is 0.635. The van der Waals surface area contributed by atoms with Crippen molar-refractivity contribution in [1.82, 2.24) is 4.68 Å². The first-order chi connectivity index (χ1) is 6.07. The maximum atomic E-state index is 8.87. The third kappa shape index (κ3) is 1.79. The van der Waals surface area contributed by atoms with Crippen molar-refractivity contribution < 1.29 is 0 Å². The molecule has 0 unspecified atom stereocenters. The van der Waals surface area contributed by atoms with Gasteiger partial charge in [-0.1, -0.05) is 39.8 Å². The second kappa shape index (κ2) is 3.73. The zero-order valence-electron chi connectivity index (χ0n) is 8.65. The molecule has 3 nitrogen and oxygen atoms in total. The van der Waals surface area contributed by atoms with E-state index in [-0.39, 0.29) is 0 Å². The molecule has 0 saturated carbocycles. The van der Waals surface area contributed by atoms with E-state index in [0.717, 1.165) is 11.4 Å². The SMILES string of the molecule is CC(C)c1ccc(C(C)C)n1N=[N-]. The summed E-state index contributed by atoms with van der Waals surface area (Å²) in [6.07, 6.45) is 0. The molecule has 0 saturated heterocycles. The van der Waals surface area contributed by atoms with E-state index < -0.39 is 0 Å². The summed E-state index contributed by atoms with van der Waals surface area (Å²) in [5.41, 5.74) is 11.0. The zero-order valence-corrected chi connectivity index (χ0v) is 8.65. The lowest BCUT2D eigenvalue weighted by atomic mass is 10.1. The fourth-order valence-electron chi connectivity index (χ4n) is 1.44. The smallest absolute Gasteiger partial charge is 0.0241 e. The molecule has 0 fully saturated rings. The molecule has 0 aliphatic carbocycles. The highest BCUT2D eigenvalue weighted by Gasteiger charge is 2.06. The Morgan fingerprint density at radius 2 is 1.46 bits per heavy atom. The van der Waals surface area contributed by atoms with Crippen LogP contribution < -0.4 is 0 Å². The summed E-state index contributed by atoms with van der Waals surface area (Å²) in [7, 11) is 0. The Balaban J connectivity index is 3.18. The van der Waals surface area contributed by atoms with Gasteiger partial charge < -0.3 is 10.2 Å². The van der Waals surface area contributed by atoms with Crippen LogP contribution in [0, 0.1) is 0 Å². The Hall–Kier alpha value is -1.12. The molecule has 1 heterocycles. The van der Waals surface area contributed by atoms with Crippen LogP contribution in [0.1, 0.15) is 50.9 Å². The maximum absolute atomic E-state index is 8.87. The Morgan fingerprint density at radius 1 is 1.08 bits per heavy atom. The minimum absolute atomic E-state index is 0.378. The van der Waals surface area contributed by atoms with E-state index in [9.17, 15) is 0 Å². The Bertz CT molecular complexity index is 272. The van der Waals surface area contributed by atoms with Crippen molar-refractivity contribution in [3.8, 4) is 0 Å². The molecule has 13 heavy (non-hydrogen) atoms. The highest BCUT2D eigenvalue weighted by molar-refractivity contribution is 5.21. The van der Waals surface area contributed by atoms with Crippen LogP contribution in [0.4, 0.5) is 0 Å². The molecule has 1 rings (SSSR count). The number of hydrogen-bond acceptors (Lipinski definition) is 1. The summed E-state index contributed by atoms with van der Waals surface area (Å²) in [6.45, 7) is 8.34. The predicted octanol–water partition coefficient (Wildman–Crippen LogP) is 3.52. The molecule has 0 atom stereocenters. The Kier molecular flexibility index (Phi) is 2.86. The topological polar surface area (TPSA) is 39.6 Å². The lowest BCUT2D eigenvalue weighted by molar-refractivity contribution is 0.661. The first-order valence-corrected chi connectivity index (χ1v) is 4.64. The van der Waals surface area contributed by atoms with E-state index in [1.54, 1.807) is 4.68 Å². The van der Waals surface area contributed by atoms with Crippen molar-refractivity contribution >= 4 is 0 Å². The molecular weight excluding hydrogens is 162 g/mol. The van der Waals surface area contributed by atoms with E-state index in [1.165, 1.54) is 0 Å². The normalized spacial score (nSPS) is 11.2. The molecule has 0 aliphatic heterocycles. The molecule has 0 bridgehead atoms. The largest absolute Gasteiger partial charge is 0.361 e. The van der Waals surface area contributed by atoms with Crippen molar-refractivity contribution in [2.24, 2.45) is 5.22 Å². The number of hydrogen-bond donors (Lipinski definition) is 0. The molecule has 0 N–H and O–H groups in total. The molecule has 1 aromatic heterocycles. The van der Waals surface area contributed by atoms with Gasteiger partial charge in [0.2, 0.25) is 0 Å². The number of aromatic nitrogens is 1. The van der Waals surface area contributed by atoms with Gasteiger partial charge in [0.1, 0.15) is 0 Å². The summed E-state index contributed by atoms with van der Waals surface area (Å²) in [5.74, 6) is 0.756. The minimum atomic E-state index is 0.378. The van der Waals surface area contributed by atoms with Gasteiger partial charge in [-0.25, -0.2) is 0 Å². The minimum Gasteiger partial charge on any atom is -0.361 e. The van der Waals surface area contributed by atoms with Gasteiger partial charge in [0, 0.05) is 0 Å². The molecule has 72 valence electrons. The fraction of sp³-hybridized carbons (Fsp3) is 0.600. The summed E-state index contributed by atoms with van der Waals surface area (Å²) in [6, 6.07) is 4.03. The van der Waals surface area contributed by atoms with Crippen LogP contribution in [0.25, 0.3) is 5.53 Å². The summed E-state index contributed by atoms with van der Waals surface area (Å²) in [4.78, 5) is 0. The van der Waals surface area contributed by atoms with Crippen LogP contribution in [0.3, 0.4) is 0 Å². The number of rotatable bonds is 3. The summed E-state index contributed by atoms with van der Waals surface area (Å²) >= 11 is 0.